The van der Waals surface area contributed by atoms with Crippen LogP contribution in [0.1, 0.15) is 12.8 Å². The smallest absolute Gasteiger partial charge is 0.142 e. The number of aromatic nitrogens is 2. The van der Waals surface area contributed by atoms with E-state index in [2.05, 4.69) is 14.9 Å². The van der Waals surface area contributed by atoms with Crippen molar-refractivity contribution in [3.8, 4) is 0 Å². The molecule has 3 rings (SSSR count). The number of hydrogen-bond acceptors (Lipinski definition) is 3. The quantitative estimate of drug-likeness (QED) is 0.788. The summed E-state index contributed by atoms with van der Waals surface area (Å²) in [7, 11) is 0. The molecule has 0 amide bonds. The minimum absolute atomic E-state index is 0.204. The van der Waals surface area contributed by atoms with Crippen LogP contribution in [0.25, 0.3) is 11.0 Å². The van der Waals surface area contributed by atoms with Gasteiger partial charge in [-0.05, 0) is 18.9 Å². The number of halogens is 1. The predicted octanol–water partition coefficient (Wildman–Crippen LogP) is 1.63. The first kappa shape index (κ1) is 10.5. The number of aromatic amines is 1. The number of nitrogens with two attached hydrogens (primary N) is 1. The van der Waals surface area contributed by atoms with Crippen molar-refractivity contribution in [3.63, 3.8) is 0 Å². The topological polar surface area (TPSA) is 57.9 Å². The summed E-state index contributed by atoms with van der Waals surface area (Å²) in [5.41, 5.74) is 7.69. The van der Waals surface area contributed by atoms with E-state index < -0.39 is 0 Å². The van der Waals surface area contributed by atoms with Gasteiger partial charge in [0.1, 0.15) is 11.5 Å². The van der Waals surface area contributed by atoms with E-state index in [4.69, 9.17) is 5.73 Å². The summed E-state index contributed by atoms with van der Waals surface area (Å²) in [5.74, 6) is -0.306. The predicted molar refractivity (Wildman–Crippen MR) is 65.5 cm³/mol. The van der Waals surface area contributed by atoms with Gasteiger partial charge >= 0.3 is 0 Å². The van der Waals surface area contributed by atoms with Crippen LogP contribution in [0.3, 0.4) is 0 Å². The highest BCUT2D eigenvalue weighted by molar-refractivity contribution is 5.90. The molecule has 1 unspecified atom stereocenters. The van der Waals surface area contributed by atoms with Crippen molar-refractivity contribution < 1.29 is 4.39 Å². The second kappa shape index (κ2) is 4.00. The molecule has 17 heavy (non-hydrogen) atoms. The molecule has 3 heterocycles. The molecule has 0 aromatic carbocycles. The Morgan fingerprint density at radius 1 is 1.53 bits per heavy atom. The van der Waals surface area contributed by atoms with Gasteiger partial charge in [0.15, 0.2) is 0 Å². The standard InChI is InChI=1S/C12H15FN4/c13-8-4-10-11(6-16-12(10)15-5-8)17-3-1-2-9(14)7-17/h4-6,9H,1-3,7,14H2,(H,15,16). The van der Waals surface area contributed by atoms with Gasteiger partial charge in [0.05, 0.1) is 11.9 Å². The molecule has 90 valence electrons. The summed E-state index contributed by atoms with van der Waals surface area (Å²) in [5, 5.41) is 0.833. The first-order valence-corrected chi connectivity index (χ1v) is 5.87. The van der Waals surface area contributed by atoms with Gasteiger partial charge in [-0.15, -0.1) is 0 Å². The van der Waals surface area contributed by atoms with Gasteiger partial charge in [0.25, 0.3) is 0 Å². The number of hydrogen-bond donors (Lipinski definition) is 2. The van der Waals surface area contributed by atoms with Crippen LogP contribution in [0.4, 0.5) is 10.1 Å². The fourth-order valence-corrected chi connectivity index (χ4v) is 2.45. The largest absolute Gasteiger partial charge is 0.368 e. The van der Waals surface area contributed by atoms with E-state index >= 15 is 0 Å². The van der Waals surface area contributed by atoms with E-state index in [9.17, 15) is 4.39 Å². The van der Waals surface area contributed by atoms with Crippen molar-refractivity contribution in [2.45, 2.75) is 18.9 Å². The Kier molecular flexibility index (Phi) is 2.48. The lowest BCUT2D eigenvalue weighted by Gasteiger charge is -2.32. The summed E-state index contributed by atoms with van der Waals surface area (Å²) in [6, 6.07) is 1.73. The van der Waals surface area contributed by atoms with Crippen LogP contribution >= 0.6 is 0 Å². The molecular weight excluding hydrogens is 219 g/mol. The number of pyridine rings is 1. The Bertz CT molecular complexity index is 536. The SMILES string of the molecule is NC1CCCN(c2c[nH]c3ncc(F)cc23)C1. The zero-order valence-corrected chi connectivity index (χ0v) is 9.49. The maximum absolute atomic E-state index is 13.2. The molecule has 1 saturated heterocycles. The maximum atomic E-state index is 13.2. The zero-order chi connectivity index (χ0) is 11.8. The second-order valence-electron chi connectivity index (χ2n) is 4.57. The molecule has 4 nitrogen and oxygen atoms in total. The average molecular weight is 234 g/mol. The molecule has 0 aliphatic carbocycles. The van der Waals surface area contributed by atoms with E-state index in [1.54, 1.807) is 0 Å². The number of fused-ring (bicyclic) bond motifs is 1. The number of rotatable bonds is 1. The van der Waals surface area contributed by atoms with Gasteiger partial charge in [-0.25, -0.2) is 9.37 Å². The van der Waals surface area contributed by atoms with E-state index in [0.29, 0.717) is 0 Å². The summed E-state index contributed by atoms with van der Waals surface area (Å²) in [6.45, 7) is 1.79. The minimum Gasteiger partial charge on any atom is -0.368 e. The van der Waals surface area contributed by atoms with Crippen LogP contribution in [0.2, 0.25) is 0 Å². The molecule has 0 spiro atoms. The average Bonchev–Trinajstić information content (AvgIpc) is 2.71. The van der Waals surface area contributed by atoms with Crippen LogP contribution in [0.5, 0.6) is 0 Å². The van der Waals surface area contributed by atoms with Crippen LogP contribution in [0.15, 0.2) is 18.5 Å². The van der Waals surface area contributed by atoms with E-state index in [-0.39, 0.29) is 11.9 Å². The highest BCUT2D eigenvalue weighted by Crippen LogP contribution is 2.28. The van der Waals surface area contributed by atoms with E-state index in [0.717, 1.165) is 42.7 Å². The Morgan fingerprint density at radius 2 is 2.41 bits per heavy atom. The van der Waals surface area contributed by atoms with Gasteiger partial charge in [0, 0.05) is 30.7 Å². The summed E-state index contributed by atoms with van der Waals surface area (Å²) in [4.78, 5) is 9.30. The monoisotopic (exact) mass is 234 g/mol. The Morgan fingerprint density at radius 3 is 3.24 bits per heavy atom. The first-order valence-electron chi connectivity index (χ1n) is 5.87. The number of anilines is 1. The molecule has 0 radical (unpaired) electrons. The molecule has 1 aliphatic heterocycles. The van der Waals surface area contributed by atoms with Crippen LogP contribution in [-0.4, -0.2) is 29.1 Å². The third-order valence-electron chi connectivity index (χ3n) is 3.27. The molecule has 0 saturated carbocycles. The van der Waals surface area contributed by atoms with Gasteiger partial charge in [-0.3, -0.25) is 0 Å². The number of nitrogens with one attached hydrogen (secondary N) is 1. The lowest BCUT2D eigenvalue weighted by atomic mass is 10.1. The lowest BCUT2D eigenvalue weighted by molar-refractivity contribution is 0.507. The van der Waals surface area contributed by atoms with Crippen LogP contribution in [0, 0.1) is 5.82 Å². The molecule has 5 heteroatoms. The molecule has 1 fully saturated rings. The lowest BCUT2D eigenvalue weighted by Crippen LogP contribution is -2.42. The first-order chi connectivity index (χ1) is 8.24. The Labute approximate surface area is 98.6 Å². The number of piperidine rings is 1. The summed E-state index contributed by atoms with van der Waals surface area (Å²) >= 11 is 0. The minimum atomic E-state index is -0.306. The highest BCUT2D eigenvalue weighted by atomic mass is 19.1. The number of nitrogens with zero attached hydrogens (tertiary/aromatic N) is 2. The molecule has 1 aliphatic rings. The third-order valence-corrected chi connectivity index (χ3v) is 3.27. The molecular formula is C12H15FN4. The van der Waals surface area contributed by atoms with E-state index in [1.807, 2.05) is 6.20 Å². The van der Waals surface area contributed by atoms with Crippen molar-refractivity contribution in [1.82, 2.24) is 9.97 Å². The molecule has 2 aromatic rings. The Hall–Kier alpha value is -1.62. The molecule has 3 N–H and O–H groups in total. The molecule has 0 bridgehead atoms. The van der Waals surface area contributed by atoms with Crippen molar-refractivity contribution in [1.29, 1.82) is 0 Å². The Balaban J connectivity index is 2.01. The van der Waals surface area contributed by atoms with E-state index in [1.165, 1.54) is 12.3 Å². The summed E-state index contributed by atoms with van der Waals surface area (Å²) < 4.78 is 13.2. The van der Waals surface area contributed by atoms with Gasteiger partial charge in [-0.2, -0.15) is 0 Å². The van der Waals surface area contributed by atoms with Crippen LogP contribution < -0.4 is 10.6 Å². The van der Waals surface area contributed by atoms with Crippen molar-refractivity contribution >= 4 is 16.7 Å². The zero-order valence-electron chi connectivity index (χ0n) is 9.49. The fraction of sp³-hybridized carbons (Fsp3) is 0.417. The maximum Gasteiger partial charge on any atom is 0.142 e. The van der Waals surface area contributed by atoms with Crippen molar-refractivity contribution in [2.75, 3.05) is 18.0 Å². The van der Waals surface area contributed by atoms with Gasteiger partial charge in [0.2, 0.25) is 0 Å². The second-order valence-corrected chi connectivity index (χ2v) is 4.57. The van der Waals surface area contributed by atoms with Crippen molar-refractivity contribution in [2.24, 2.45) is 5.73 Å². The molecule has 2 aromatic heterocycles. The normalized spacial score (nSPS) is 21.1. The summed E-state index contributed by atoms with van der Waals surface area (Å²) in [6.07, 6.45) is 5.25. The van der Waals surface area contributed by atoms with Crippen molar-refractivity contribution in [3.05, 3.63) is 24.3 Å². The van der Waals surface area contributed by atoms with Gasteiger partial charge in [-0.1, -0.05) is 0 Å². The highest BCUT2D eigenvalue weighted by Gasteiger charge is 2.19. The third kappa shape index (κ3) is 1.86. The van der Waals surface area contributed by atoms with Crippen LogP contribution in [-0.2, 0) is 0 Å². The molecule has 1 atom stereocenters. The fourth-order valence-electron chi connectivity index (χ4n) is 2.45. The van der Waals surface area contributed by atoms with Gasteiger partial charge < -0.3 is 15.6 Å². The number of H-pyrrole nitrogens is 1.